The van der Waals surface area contributed by atoms with E-state index in [4.69, 9.17) is 5.11 Å². The van der Waals surface area contributed by atoms with Gasteiger partial charge in [-0.2, -0.15) is 0 Å². The number of aliphatic hydroxyl groups is 1. The van der Waals surface area contributed by atoms with Gasteiger partial charge < -0.3 is 5.11 Å². The Hall–Kier alpha value is -0.0400. The summed E-state index contributed by atoms with van der Waals surface area (Å²) in [5.74, 6) is 0. The molecule has 0 saturated heterocycles. The Labute approximate surface area is 112 Å². The largest absolute Gasteiger partial charge is 0.400 e. The minimum atomic E-state index is 1.00. The van der Waals surface area contributed by atoms with E-state index in [1.165, 1.54) is 57.8 Å². The zero-order valence-corrected chi connectivity index (χ0v) is 13.8. The van der Waals surface area contributed by atoms with E-state index in [0.29, 0.717) is 0 Å². The van der Waals surface area contributed by atoms with Crippen LogP contribution in [0.3, 0.4) is 0 Å². The molecular weight excluding hydrogens is 208 g/mol. The van der Waals surface area contributed by atoms with Crippen LogP contribution in [-0.4, -0.2) is 12.2 Å². The van der Waals surface area contributed by atoms with Crippen molar-refractivity contribution in [2.45, 2.75) is 99.3 Å². The molecule has 0 aromatic heterocycles. The summed E-state index contributed by atoms with van der Waals surface area (Å²) in [6, 6.07) is 0. The third-order valence-electron chi connectivity index (χ3n) is 2.21. The van der Waals surface area contributed by atoms with E-state index in [2.05, 4.69) is 27.7 Å². The van der Waals surface area contributed by atoms with Crippen LogP contribution in [0.1, 0.15) is 99.3 Å². The van der Waals surface area contributed by atoms with Gasteiger partial charge in [-0.25, -0.2) is 0 Å². The summed E-state index contributed by atoms with van der Waals surface area (Å²) in [6.07, 6.45) is 12.6. The van der Waals surface area contributed by atoms with E-state index >= 15 is 0 Å². The highest BCUT2D eigenvalue weighted by molar-refractivity contribution is 4.41. The standard InChI is InChI=1S/C9H20.C4H10.C2H6.CH4O/c1-3-5-7-9-8-6-4-2;1-3-4-2;2*1-2/h3-9H2,1-2H3;3-4H2,1-2H3;1-2H3;2H,1H3. The van der Waals surface area contributed by atoms with E-state index in [1.54, 1.807) is 0 Å². The Balaban J connectivity index is -0.0000000887. The van der Waals surface area contributed by atoms with Crippen LogP contribution >= 0.6 is 0 Å². The average molecular weight is 248 g/mol. The number of aliphatic hydroxyl groups excluding tert-OH is 1. The fraction of sp³-hybridized carbons (Fsp3) is 1.00. The molecule has 0 atom stereocenters. The van der Waals surface area contributed by atoms with Gasteiger partial charge in [-0.3, -0.25) is 0 Å². The lowest BCUT2D eigenvalue weighted by molar-refractivity contribution is 0.399. The van der Waals surface area contributed by atoms with Crippen molar-refractivity contribution in [1.82, 2.24) is 0 Å². The highest BCUT2D eigenvalue weighted by Crippen LogP contribution is 2.05. The number of unbranched alkanes of at least 4 members (excludes halogenated alkanes) is 7. The first-order valence-corrected chi connectivity index (χ1v) is 7.78. The molecule has 0 fully saturated rings. The molecule has 0 spiro atoms. The minimum absolute atomic E-state index is 1.00. The lowest BCUT2D eigenvalue weighted by atomic mass is 10.1. The van der Waals surface area contributed by atoms with E-state index in [9.17, 15) is 0 Å². The first-order chi connectivity index (χ1) is 8.33. The zero-order valence-electron chi connectivity index (χ0n) is 13.8. The van der Waals surface area contributed by atoms with Gasteiger partial charge in [0.1, 0.15) is 0 Å². The van der Waals surface area contributed by atoms with Crippen molar-refractivity contribution in [3.05, 3.63) is 0 Å². The molecule has 1 N–H and O–H groups in total. The zero-order chi connectivity index (χ0) is 14.4. The molecule has 0 amide bonds. The molecule has 0 rings (SSSR count). The molecule has 17 heavy (non-hydrogen) atoms. The van der Waals surface area contributed by atoms with Crippen molar-refractivity contribution in [1.29, 1.82) is 0 Å². The summed E-state index contributed by atoms with van der Waals surface area (Å²) in [6.45, 7) is 12.9. The monoisotopic (exact) mass is 248 g/mol. The van der Waals surface area contributed by atoms with Crippen molar-refractivity contribution >= 4 is 0 Å². The molecule has 0 aliphatic heterocycles. The third kappa shape index (κ3) is 64.2. The molecule has 0 radical (unpaired) electrons. The van der Waals surface area contributed by atoms with Gasteiger partial charge in [0.15, 0.2) is 0 Å². The van der Waals surface area contributed by atoms with Crippen molar-refractivity contribution < 1.29 is 5.11 Å². The molecule has 0 bridgehead atoms. The van der Waals surface area contributed by atoms with E-state index in [1.807, 2.05) is 13.8 Å². The second-order valence-corrected chi connectivity index (χ2v) is 3.77. The first kappa shape index (κ1) is 25.7. The SMILES string of the molecule is CC.CCCC.CCCCCCCCC.CO. The number of hydrogen-bond acceptors (Lipinski definition) is 1. The smallest absolute Gasteiger partial charge is 0.0319 e. The van der Waals surface area contributed by atoms with Gasteiger partial charge in [-0.1, -0.05) is 99.3 Å². The second-order valence-electron chi connectivity index (χ2n) is 3.77. The molecule has 110 valence electrons. The summed E-state index contributed by atoms with van der Waals surface area (Å²) in [4.78, 5) is 0. The molecule has 0 unspecified atom stereocenters. The minimum Gasteiger partial charge on any atom is -0.400 e. The Morgan fingerprint density at radius 3 is 0.882 bits per heavy atom. The topological polar surface area (TPSA) is 20.2 Å². The van der Waals surface area contributed by atoms with Crippen molar-refractivity contribution in [3.8, 4) is 0 Å². The fourth-order valence-corrected chi connectivity index (χ4v) is 1.03. The van der Waals surface area contributed by atoms with E-state index < -0.39 is 0 Å². The Morgan fingerprint density at radius 2 is 0.706 bits per heavy atom. The third-order valence-corrected chi connectivity index (χ3v) is 2.21. The lowest BCUT2D eigenvalue weighted by Crippen LogP contribution is -1.76. The van der Waals surface area contributed by atoms with Gasteiger partial charge in [0.05, 0.1) is 0 Å². The van der Waals surface area contributed by atoms with Gasteiger partial charge >= 0.3 is 0 Å². The maximum Gasteiger partial charge on any atom is 0.0319 e. The molecule has 0 aromatic carbocycles. The van der Waals surface area contributed by atoms with Crippen LogP contribution in [0.2, 0.25) is 0 Å². The van der Waals surface area contributed by atoms with Crippen LogP contribution in [0.4, 0.5) is 0 Å². The quantitative estimate of drug-likeness (QED) is 0.532. The average Bonchev–Trinajstić information content (AvgIpc) is 2.43. The van der Waals surface area contributed by atoms with Crippen LogP contribution in [0.5, 0.6) is 0 Å². The van der Waals surface area contributed by atoms with E-state index in [-0.39, 0.29) is 0 Å². The summed E-state index contributed by atoms with van der Waals surface area (Å²) in [7, 11) is 1.00. The highest BCUT2D eigenvalue weighted by Gasteiger charge is 1.85. The van der Waals surface area contributed by atoms with Crippen molar-refractivity contribution in [2.75, 3.05) is 7.11 Å². The fourth-order valence-electron chi connectivity index (χ4n) is 1.03. The predicted molar refractivity (Wildman–Crippen MR) is 83.7 cm³/mol. The van der Waals surface area contributed by atoms with E-state index in [0.717, 1.165) is 7.11 Å². The number of hydrogen-bond donors (Lipinski definition) is 1. The first-order valence-electron chi connectivity index (χ1n) is 7.78. The summed E-state index contributed by atoms with van der Waals surface area (Å²) >= 11 is 0. The Kier molecular flexibility index (Phi) is 67.3. The summed E-state index contributed by atoms with van der Waals surface area (Å²) in [5, 5.41) is 7.00. The van der Waals surface area contributed by atoms with Crippen LogP contribution < -0.4 is 0 Å². The predicted octanol–water partition coefficient (Wildman–Crippen LogP) is 6.20. The van der Waals surface area contributed by atoms with Crippen molar-refractivity contribution in [3.63, 3.8) is 0 Å². The van der Waals surface area contributed by atoms with Crippen molar-refractivity contribution in [2.24, 2.45) is 0 Å². The van der Waals surface area contributed by atoms with Crippen LogP contribution in [0.25, 0.3) is 0 Å². The molecule has 0 aliphatic carbocycles. The number of rotatable bonds is 7. The normalized spacial score (nSPS) is 7.76. The van der Waals surface area contributed by atoms with Crippen LogP contribution in [-0.2, 0) is 0 Å². The highest BCUT2D eigenvalue weighted by atomic mass is 16.2. The molecular formula is C16H40O. The summed E-state index contributed by atoms with van der Waals surface area (Å²) < 4.78 is 0. The van der Waals surface area contributed by atoms with Gasteiger partial charge in [-0.15, -0.1) is 0 Å². The molecule has 0 aliphatic rings. The molecule has 1 nitrogen and oxygen atoms in total. The second kappa shape index (κ2) is 44.5. The molecule has 0 saturated carbocycles. The maximum atomic E-state index is 7.00. The molecule has 0 aromatic rings. The van der Waals surface area contributed by atoms with Gasteiger partial charge in [-0.05, 0) is 0 Å². The van der Waals surface area contributed by atoms with Gasteiger partial charge in [0, 0.05) is 7.11 Å². The Bertz CT molecular complexity index is 54.5. The Morgan fingerprint density at radius 1 is 0.471 bits per heavy atom. The van der Waals surface area contributed by atoms with Crippen LogP contribution in [0, 0.1) is 0 Å². The van der Waals surface area contributed by atoms with Gasteiger partial charge in [0.2, 0.25) is 0 Å². The molecule has 0 heterocycles. The van der Waals surface area contributed by atoms with Gasteiger partial charge in [0.25, 0.3) is 0 Å². The van der Waals surface area contributed by atoms with Crippen LogP contribution in [0.15, 0.2) is 0 Å². The molecule has 1 heteroatoms. The maximum absolute atomic E-state index is 7.00. The summed E-state index contributed by atoms with van der Waals surface area (Å²) in [5.41, 5.74) is 0. The lowest BCUT2D eigenvalue weighted by Gasteiger charge is -1.96.